The highest BCUT2D eigenvalue weighted by Crippen LogP contribution is 2.22. The Kier molecular flexibility index (Phi) is 4.74. The van der Waals surface area contributed by atoms with Gasteiger partial charge >= 0.3 is 0 Å². The van der Waals surface area contributed by atoms with Crippen molar-refractivity contribution in [2.24, 2.45) is 5.73 Å². The molecule has 0 bridgehead atoms. The molecular weight excluding hydrogens is 252 g/mol. The number of hydrogen-bond acceptors (Lipinski definition) is 3. The van der Waals surface area contributed by atoms with E-state index < -0.39 is 6.04 Å². The third-order valence-corrected chi connectivity index (χ3v) is 2.88. The molecule has 2 aromatic carbocycles. The fourth-order valence-corrected chi connectivity index (χ4v) is 1.65. The van der Waals surface area contributed by atoms with E-state index in [1.807, 2.05) is 37.3 Å². The Balaban J connectivity index is 1.98. The second kappa shape index (κ2) is 6.73. The summed E-state index contributed by atoms with van der Waals surface area (Å²) in [7, 11) is 0. The number of ether oxygens (including phenoxy) is 1. The van der Waals surface area contributed by atoms with Gasteiger partial charge in [-0.15, -0.1) is 0 Å². The van der Waals surface area contributed by atoms with Gasteiger partial charge in [0.05, 0.1) is 6.04 Å². The number of carbonyl (C=O) groups excluding carboxylic acids is 1. The van der Waals surface area contributed by atoms with Crippen LogP contribution in [0.3, 0.4) is 0 Å². The molecule has 0 radical (unpaired) electrons. The number of rotatable bonds is 5. The van der Waals surface area contributed by atoms with E-state index >= 15 is 0 Å². The Morgan fingerprint density at radius 3 is 2.30 bits per heavy atom. The molecule has 0 aliphatic carbocycles. The summed E-state index contributed by atoms with van der Waals surface area (Å²) in [6, 6.07) is 16.2. The number of nitrogens with two attached hydrogens (primary N) is 1. The van der Waals surface area contributed by atoms with Gasteiger partial charge in [0.2, 0.25) is 5.91 Å². The van der Waals surface area contributed by atoms with Gasteiger partial charge in [-0.05, 0) is 42.8 Å². The normalized spacial score (nSPS) is 11.7. The van der Waals surface area contributed by atoms with Crippen molar-refractivity contribution in [2.45, 2.75) is 19.4 Å². The van der Waals surface area contributed by atoms with Gasteiger partial charge in [0.1, 0.15) is 11.5 Å². The first-order chi connectivity index (χ1) is 9.69. The molecule has 1 unspecified atom stereocenters. The van der Waals surface area contributed by atoms with E-state index in [9.17, 15) is 4.79 Å². The Hall–Kier alpha value is -2.33. The minimum atomic E-state index is -0.477. The van der Waals surface area contributed by atoms with Gasteiger partial charge in [-0.3, -0.25) is 4.79 Å². The van der Waals surface area contributed by atoms with Gasteiger partial charge in [-0.1, -0.05) is 25.1 Å². The molecule has 0 spiro atoms. The van der Waals surface area contributed by atoms with Crippen molar-refractivity contribution in [1.29, 1.82) is 0 Å². The maximum absolute atomic E-state index is 11.7. The second-order valence-corrected chi connectivity index (χ2v) is 4.44. The lowest BCUT2D eigenvalue weighted by atomic mass is 10.2. The van der Waals surface area contributed by atoms with Gasteiger partial charge in [0.15, 0.2) is 0 Å². The van der Waals surface area contributed by atoms with Gasteiger partial charge in [-0.2, -0.15) is 0 Å². The predicted octanol–water partition coefficient (Wildman–Crippen LogP) is 3.15. The first-order valence-corrected chi connectivity index (χ1v) is 6.58. The standard InChI is InChI=1S/C16H18N2O2/c1-2-15(17)16(19)18-12-8-10-14(11-9-12)20-13-6-4-3-5-7-13/h3-11,15H,2,17H2,1H3,(H,18,19). The van der Waals surface area contributed by atoms with Crippen LogP contribution >= 0.6 is 0 Å². The molecule has 2 aromatic rings. The van der Waals surface area contributed by atoms with E-state index in [-0.39, 0.29) is 5.91 Å². The third kappa shape index (κ3) is 3.83. The van der Waals surface area contributed by atoms with E-state index in [0.717, 1.165) is 5.75 Å². The number of anilines is 1. The first kappa shape index (κ1) is 14.1. The van der Waals surface area contributed by atoms with Gasteiger partial charge in [0.25, 0.3) is 0 Å². The van der Waals surface area contributed by atoms with Crippen LogP contribution in [0.2, 0.25) is 0 Å². The molecule has 0 aliphatic heterocycles. The van der Waals surface area contributed by atoms with Crippen LogP contribution in [0.1, 0.15) is 13.3 Å². The Morgan fingerprint density at radius 2 is 1.70 bits per heavy atom. The summed E-state index contributed by atoms with van der Waals surface area (Å²) in [6.07, 6.45) is 0.612. The molecule has 1 atom stereocenters. The van der Waals surface area contributed by atoms with E-state index in [1.54, 1.807) is 24.3 Å². The molecule has 20 heavy (non-hydrogen) atoms. The van der Waals surface area contributed by atoms with E-state index in [2.05, 4.69) is 5.32 Å². The summed E-state index contributed by atoms with van der Waals surface area (Å²) >= 11 is 0. The monoisotopic (exact) mass is 270 g/mol. The van der Waals surface area contributed by atoms with Gasteiger partial charge < -0.3 is 15.8 Å². The van der Waals surface area contributed by atoms with Crippen molar-refractivity contribution in [1.82, 2.24) is 0 Å². The molecular formula is C16H18N2O2. The van der Waals surface area contributed by atoms with E-state index in [1.165, 1.54) is 0 Å². The Morgan fingerprint density at radius 1 is 1.10 bits per heavy atom. The highest BCUT2D eigenvalue weighted by molar-refractivity contribution is 5.94. The predicted molar refractivity (Wildman–Crippen MR) is 79.9 cm³/mol. The quantitative estimate of drug-likeness (QED) is 0.877. The van der Waals surface area contributed by atoms with Crippen molar-refractivity contribution in [3.63, 3.8) is 0 Å². The van der Waals surface area contributed by atoms with Crippen LogP contribution in [-0.4, -0.2) is 11.9 Å². The molecule has 4 heteroatoms. The minimum Gasteiger partial charge on any atom is -0.457 e. The number of para-hydroxylation sites is 1. The van der Waals surface area contributed by atoms with Crippen LogP contribution in [0, 0.1) is 0 Å². The average molecular weight is 270 g/mol. The molecule has 4 nitrogen and oxygen atoms in total. The lowest BCUT2D eigenvalue weighted by Gasteiger charge is -2.11. The second-order valence-electron chi connectivity index (χ2n) is 4.44. The van der Waals surface area contributed by atoms with Crippen LogP contribution in [0.5, 0.6) is 11.5 Å². The number of nitrogens with one attached hydrogen (secondary N) is 1. The summed E-state index contributed by atoms with van der Waals surface area (Å²) in [5.41, 5.74) is 6.37. The van der Waals surface area contributed by atoms with Gasteiger partial charge in [-0.25, -0.2) is 0 Å². The molecule has 0 fully saturated rings. The molecule has 104 valence electrons. The largest absolute Gasteiger partial charge is 0.457 e. The lowest BCUT2D eigenvalue weighted by molar-refractivity contribution is -0.117. The smallest absolute Gasteiger partial charge is 0.241 e. The zero-order valence-electron chi connectivity index (χ0n) is 11.4. The van der Waals surface area contributed by atoms with Crippen LogP contribution in [0.15, 0.2) is 54.6 Å². The highest BCUT2D eigenvalue weighted by atomic mass is 16.5. The van der Waals surface area contributed by atoms with Crippen molar-refractivity contribution in [3.8, 4) is 11.5 Å². The molecule has 2 rings (SSSR count). The number of hydrogen-bond donors (Lipinski definition) is 2. The van der Waals surface area contributed by atoms with Crippen LogP contribution in [0.4, 0.5) is 5.69 Å². The summed E-state index contributed by atoms with van der Waals surface area (Å²) in [5, 5.41) is 2.76. The van der Waals surface area contributed by atoms with Crippen LogP contribution in [0.25, 0.3) is 0 Å². The summed E-state index contributed by atoms with van der Waals surface area (Å²) < 4.78 is 5.67. The first-order valence-electron chi connectivity index (χ1n) is 6.58. The van der Waals surface area contributed by atoms with Crippen molar-refractivity contribution < 1.29 is 9.53 Å². The van der Waals surface area contributed by atoms with Gasteiger partial charge in [0, 0.05) is 5.69 Å². The Labute approximate surface area is 118 Å². The molecule has 0 heterocycles. The molecule has 0 aromatic heterocycles. The maximum atomic E-state index is 11.7. The fraction of sp³-hybridized carbons (Fsp3) is 0.188. The summed E-state index contributed by atoms with van der Waals surface area (Å²) in [5.74, 6) is 1.32. The maximum Gasteiger partial charge on any atom is 0.241 e. The number of amides is 1. The Bertz CT molecular complexity index is 552. The zero-order chi connectivity index (χ0) is 14.4. The topological polar surface area (TPSA) is 64.4 Å². The summed E-state index contributed by atoms with van der Waals surface area (Å²) in [6.45, 7) is 1.88. The molecule has 0 saturated carbocycles. The van der Waals surface area contributed by atoms with Crippen LogP contribution < -0.4 is 15.8 Å². The zero-order valence-corrected chi connectivity index (χ0v) is 11.4. The molecule has 0 saturated heterocycles. The van der Waals surface area contributed by atoms with Crippen molar-refractivity contribution >= 4 is 11.6 Å². The summed E-state index contributed by atoms with van der Waals surface area (Å²) in [4.78, 5) is 11.7. The van der Waals surface area contributed by atoms with E-state index in [4.69, 9.17) is 10.5 Å². The van der Waals surface area contributed by atoms with Crippen molar-refractivity contribution in [3.05, 3.63) is 54.6 Å². The fourth-order valence-electron chi connectivity index (χ4n) is 1.65. The van der Waals surface area contributed by atoms with Crippen molar-refractivity contribution in [2.75, 3.05) is 5.32 Å². The molecule has 3 N–H and O–H groups in total. The molecule has 0 aliphatic rings. The van der Waals surface area contributed by atoms with Crippen LogP contribution in [-0.2, 0) is 4.79 Å². The lowest BCUT2D eigenvalue weighted by Crippen LogP contribution is -2.34. The highest BCUT2D eigenvalue weighted by Gasteiger charge is 2.10. The number of benzene rings is 2. The van der Waals surface area contributed by atoms with E-state index in [0.29, 0.717) is 17.9 Å². The minimum absolute atomic E-state index is 0.177. The molecule has 1 amide bonds. The number of carbonyl (C=O) groups is 1. The SMILES string of the molecule is CCC(N)C(=O)Nc1ccc(Oc2ccccc2)cc1. The average Bonchev–Trinajstić information content (AvgIpc) is 2.49. The third-order valence-electron chi connectivity index (χ3n) is 2.88.